The van der Waals surface area contributed by atoms with Crippen LogP contribution in [0.15, 0.2) is 48.5 Å². The molecule has 0 fully saturated rings. The van der Waals surface area contributed by atoms with Crippen LogP contribution in [0.3, 0.4) is 0 Å². The van der Waals surface area contributed by atoms with Gasteiger partial charge in [-0.2, -0.15) is 5.10 Å². The molecular weight excluding hydrogens is 286 g/mol. The Hall–Kier alpha value is -2.62. The molecule has 3 aromatic rings. The molecule has 0 saturated heterocycles. The molecule has 1 N–H and O–H groups in total. The second-order valence-electron chi connectivity index (χ2n) is 5.72. The molecule has 4 nitrogen and oxygen atoms in total. The van der Waals surface area contributed by atoms with E-state index >= 15 is 0 Å². The fourth-order valence-corrected chi connectivity index (χ4v) is 2.59. The summed E-state index contributed by atoms with van der Waals surface area (Å²) in [5.41, 5.74) is 3.50. The first kappa shape index (κ1) is 15.3. The summed E-state index contributed by atoms with van der Waals surface area (Å²) >= 11 is 0. The van der Waals surface area contributed by atoms with Crippen molar-refractivity contribution < 1.29 is 4.79 Å². The molecule has 0 aliphatic rings. The van der Waals surface area contributed by atoms with Crippen LogP contribution in [0.5, 0.6) is 0 Å². The lowest BCUT2D eigenvalue weighted by atomic mass is 10.2. The summed E-state index contributed by atoms with van der Waals surface area (Å²) < 4.78 is 1.74. The van der Waals surface area contributed by atoms with E-state index in [0.717, 1.165) is 29.4 Å². The molecule has 1 aromatic heterocycles. The first-order chi connectivity index (χ1) is 11.2. The van der Waals surface area contributed by atoms with Gasteiger partial charge in [-0.15, -0.1) is 0 Å². The van der Waals surface area contributed by atoms with Crippen molar-refractivity contribution in [2.24, 2.45) is 0 Å². The van der Waals surface area contributed by atoms with Gasteiger partial charge in [0.15, 0.2) is 0 Å². The van der Waals surface area contributed by atoms with Crippen molar-refractivity contribution in [1.29, 1.82) is 0 Å². The molecule has 2 aromatic carbocycles. The van der Waals surface area contributed by atoms with E-state index in [1.54, 1.807) is 4.68 Å². The number of carbonyl (C=O) groups is 1. The number of hydrogen-bond acceptors (Lipinski definition) is 2. The maximum absolute atomic E-state index is 12.7. The minimum atomic E-state index is -0.0762. The first-order valence-corrected chi connectivity index (χ1v) is 8.03. The maximum Gasteiger partial charge on any atom is 0.270 e. The van der Waals surface area contributed by atoms with E-state index in [2.05, 4.69) is 17.3 Å². The molecule has 1 heterocycles. The smallest absolute Gasteiger partial charge is 0.270 e. The van der Waals surface area contributed by atoms with E-state index in [0.29, 0.717) is 12.2 Å². The van der Waals surface area contributed by atoms with Gasteiger partial charge < -0.3 is 5.32 Å². The Morgan fingerprint density at radius 1 is 1.13 bits per heavy atom. The van der Waals surface area contributed by atoms with Crippen LogP contribution >= 0.6 is 0 Å². The van der Waals surface area contributed by atoms with Gasteiger partial charge in [0.2, 0.25) is 0 Å². The molecule has 0 aliphatic heterocycles. The molecule has 118 valence electrons. The van der Waals surface area contributed by atoms with Crippen LogP contribution in [0.25, 0.3) is 16.6 Å². The molecule has 0 radical (unpaired) electrons. The summed E-state index contributed by atoms with van der Waals surface area (Å²) in [4.78, 5) is 12.7. The lowest BCUT2D eigenvalue weighted by molar-refractivity contribution is 0.0947. The summed E-state index contributed by atoms with van der Waals surface area (Å²) in [6.07, 6.45) is 2.03. The number of fused-ring (bicyclic) bond motifs is 1. The fourth-order valence-electron chi connectivity index (χ4n) is 2.59. The predicted octanol–water partition coefficient (Wildman–Crippen LogP) is 3.86. The minimum absolute atomic E-state index is 0.0762. The molecular formula is C19H21N3O. The van der Waals surface area contributed by atoms with Gasteiger partial charge >= 0.3 is 0 Å². The molecule has 0 spiro atoms. The molecule has 4 heteroatoms. The zero-order chi connectivity index (χ0) is 16.2. The van der Waals surface area contributed by atoms with E-state index in [-0.39, 0.29) is 5.91 Å². The lowest BCUT2D eigenvalue weighted by Crippen LogP contribution is -2.27. The topological polar surface area (TPSA) is 46.9 Å². The van der Waals surface area contributed by atoms with Gasteiger partial charge in [0.05, 0.1) is 11.2 Å². The zero-order valence-corrected chi connectivity index (χ0v) is 13.5. The third kappa shape index (κ3) is 3.11. The van der Waals surface area contributed by atoms with Crippen LogP contribution in [-0.4, -0.2) is 22.2 Å². The van der Waals surface area contributed by atoms with E-state index < -0.39 is 0 Å². The van der Waals surface area contributed by atoms with E-state index in [1.165, 1.54) is 5.56 Å². The Kier molecular flexibility index (Phi) is 4.42. The molecule has 0 bridgehead atoms. The van der Waals surface area contributed by atoms with Crippen LogP contribution in [0.1, 0.15) is 35.8 Å². The third-order valence-electron chi connectivity index (χ3n) is 3.89. The van der Waals surface area contributed by atoms with Gasteiger partial charge in [-0.25, -0.2) is 4.68 Å². The van der Waals surface area contributed by atoms with Crippen LogP contribution in [0, 0.1) is 6.92 Å². The van der Waals surface area contributed by atoms with Gasteiger partial charge in [0.25, 0.3) is 5.91 Å². The molecule has 0 aliphatic carbocycles. The number of aryl methyl sites for hydroxylation is 1. The van der Waals surface area contributed by atoms with Gasteiger partial charge in [0, 0.05) is 11.9 Å². The van der Waals surface area contributed by atoms with Crippen molar-refractivity contribution in [3.63, 3.8) is 0 Å². The van der Waals surface area contributed by atoms with Crippen molar-refractivity contribution >= 4 is 16.8 Å². The van der Waals surface area contributed by atoms with Gasteiger partial charge in [-0.3, -0.25) is 4.79 Å². The van der Waals surface area contributed by atoms with E-state index in [4.69, 9.17) is 0 Å². The minimum Gasteiger partial charge on any atom is -0.351 e. The molecule has 1 amide bonds. The number of aromatic nitrogens is 2. The number of hydrogen-bond donors (Lipinski definition) is 1. The van der Waals surface area contributed by atoms with E-state index in [9.17, 15) is 4.79 Å². The van der Waals surface area contributed by atoms with Crippen LogP contribution in [-0.2, 0) is 0 Å². The zero-order valence-electron chi connectivity index (χ0n) is 13.5. The number of rotatable bonds is 5. The Bertz CT molecular complexity index is 818. The molecule has 0 unspecified atom stereocenters. The van der Waals surface area contributed by atoms with Crippen LogP contribution < -0.4 is 5.32 Å². The SMILES string of the molecule is CCCCNC(=O)c1c2ccccc2nn1-c1ccc(C)cc1. The normalized spacial score (nSPS) is 10.9. The predicted molar refractivity (Wildman–Crippen MR) is 93.0 cm³/mol. The Morgan fingerprint density at radius 2 is 1.87 bits per heavy atom. The van der Waals surface area contributed by atoms with Gasteiger partial charge in [-0.1, -0.05) is 49.2 Å². The Labute approximate surface area is 136 Å². The standard InChI is InChI=1S/C19H21N3O/c1-3-4-13-20-19(23)18-16-7-5-6-8-17(16)21-22(18)15-11-9-14(2)10-12-15/h5-12H,3-4,13H2,1-2H3,(H,20,23). The Balaban J connectivity index is 2.07. The number of unbranched alkanes of at least 4 members (excludes halogenated alkanes) is 1. The van der Waals surface area contributed by atoms with Crippen molar-refractivity contribution in [2.75, 3.05) is 6.54 Å². The quantitative estimate of drug-likeness (QED) is 0.727. The number of amides is 1. The van der Waals surface area contributed by atoms with Crippen molar-refractivity contribution in [2.45, 2.75) is 26.7 Å². The second-order valence-corrected chi connectivity index (χ2v) is 5.72. The van der Waals surface area contributed by atoms with Crippen molar-refractivity contribution in [3.8, 4) is 5.69 Å². The number of carbonyl (C=O) groups excluding carboxylic acids is 1. The highest BCUT2D eigenvalue weighted by Crippen LogP contribution is 2.22. The monoisotopic (exact) mass is 307 g/mol. The Morgan fingerprint density at radius 3 is 2.61 bits per heavy atom. The lowest BCUT2D eigenvalue weighted by Gasteiger charge is -2.09. The fraction of sp³-hybridized carbons (Fsp3) is 0.263. The van der Waals surface area contributed by atoms with Crippen LogP contribution in [0.2, 0.25) is 0 Å². The highest BCUT2D eigenvalue weighted by molar-refractivity contribution is 6.05. The summed E-state index contributed by atoms with van der Waals surface area (Å²) in [5.74, 6) is -0.0762. The summed E-state index contributed by atoms with van der Waals surface area (Å²) in [6.45, 7) is 4.84. The summed E-state index contributed by atoms with van der Waals surface area (Å²) in [5, 5.41) is 8.49. The first-order valence-electron chi connectivity index (χ1n) is 8.03. The molecule has 3 rings (SSSR count). The van der Waals surface area contributed by atoms with Gasteiger partial charge in [0.1, 0.15) is 5.69 Å². The highest BCUT2D eigenvalue weighted by Gasteiger charge is 2.18. The number of benzene rings is 2. The average molecular weight is 307 g/mol. The van der Waals surface area contributed by atoms with Crippen molar-refractivity contribution in [3.05, 3.63) is 59.8 Å². The highest BCUT2D eigenvalue weighted by atomic mass is 16.2. The maximum atomic E-state index is 12.7. The average Bonchev–Trinajstić information content (AvgIpc) is 2.95. The van der Waals surface area contributed by atoms with Crippen molar-refractivity contribution in [1.82, 2.24) is 15.1 Å². The molecule has 0 saturated carbocycles. The number of nitrogens with zero attached hydrogens (tertiary/aromatic N) is 2. The number of nitrogens with one attached hydrogen (secondary N) is 1. The second kappa shape index (κ2) is 6.65. The summed E-state index contributed by atoms with van der Waals surface area (Å²) in [7, 11) is 0. The van der Waals surface area contributed by atoms with Crippen LogP contribution in [0.4, 0.5) is 0 Å². The third-order valence-corrected chi connectivity index (χ3v) is 3.89. The van der Waals surface area contributed by atoms with E-state index in [1.807, 2.05) is 55.5 Å². The molecule has 23 heavy (non-hydrogen) atoms. The molecule has 0 atom stereocenters. The largest absolute Gasteiger partial charge is 0.351 e. The summed E-state index contributed by atoms with van der Waals surface area (Å²) in [6, 6.07) is 15.8. The van der Waals surface area contributed by atoms with Gasteiger partial charge in [-0.05, 0) is 31.5 Å².